The molecule has 1 heterocycles. The number of aryl methyl sites for hydroxylation is 1. The summed E-state index contributed by atoms with van der Waals surface area (Å²) in [6.45, 7) is 2.16. The monoisotopic (exact) mass is 502 g/mol. The quantitative estimate of drug-likeness (QED) is 0.518. The van der Waals surface area contributed by atoms with Crippen molar-refractivity contribution in [3.8, 4) is 17.2 Å². The van der Waals surface area contributed by atoms with Crippen LogP contribution in [0.3, 0.4) is 0 Å². The zero-order valence-electron chi connectivity index (χ0n) is 18.6. The van der Waals surface area contributed by atoms with Gasteiger partial charge in [0.2, 0.25) is 5.91 Å². The van der Waals surface area contributed by atoms with E-state index in [0.29, 0.717) is 35.4 Å². The largest absolute Gasteiger partial charge is 0.495 e. The third-order valence-electron chi connectivity index (χ3n) is 5.11. The number of methoxy groups -OCH3 is 1. The van der Waals surface area contributed by atoms with Crippen molar-refractivity contribution in [1.29, 1.82) is 0 Å². The van der Waals surface area contributed by atoms with E-state index in [-0.39, 0.29) is 16.3 Å². The van der Waals surface area contributed by atoms with Crippen LogP contribution in [0.1, 0.15) is 5.56 Å². The smallest absolute Gasteiger partial charge is 0.268 e. The summed E-state index contributed by atoms with van der Waals surface area (Å²) in [6.07, 6.45) is 0. The van der Waals surface area contributed by atoms with Crippen LogP contribution in [-0.4, -0.2) is 41.2 Å². The predicted molar refractivity (Wildman–Crippen MR) is 130 cm³/mol. The van der Waals surface area contributed by atoms with Gasteiger partial charge >= 0.3 is 0 Å². The molecule has 8 nitrogen and oxygen atoms in total. The number of carbonyl (C=O) groups excluding carboxylic acids is 1. The van der Waals surface area contributed by atoms with Gasteiger partial charge in [0, 0.05) is 16.8 Å². The Hall–Kier alpha value is -3.43. The number of nitrogens with one attached hydrogen (secondary N) is 1. The summed E-state index contributed by atoms with van der Waals surface area (Å²) >= 11 is 6.00. The van der Waals surface area contributed by atoms with E-state index in [1.54, 1.807) is 61.5 Å². The highest BCUT2D eigenvalue weighted by molar-refractivity contribution is 7.93. The fourth-order valence-electron chi connectivity index (χ4n) is 3.48. The molecule has 0 unspecified atom stereocenters. The average molecular weight is 503 g/mol. The molecule has 0 aliphatic carbocycles. The number of hydrogen-bond donors (Lipinski definition) is 1. The van der Waals surface area contributed by atoms with Crippen molar-refractivity contribution >= 4 is 38.9 Å². The van der Waals surface area contributed by atoms with E-state index in [1.165, 1.54) is 13.2 Å². The lowest BCUT2D eigenvalue weighted by Crippen LogP contribution is -2.38. The van der Waals surface area contributed by atoms with Crippen LogP contribution in [0.15, 0.2) is 65.6 Å². The molecule has 3 aromatic rings. The van der Waals surface area contributed by atoms with Crippen molar-refractivity contribution in [1.82, 2.24) is 0 Å². The summed E-state index contributed by atoms with van der Waals surface area (Å²) in [4.78, 5) is 12.9. The predicted octanol–water partition coefficient (Wildman–Crippen LogP) is 4.26. The molecule has 0 fully saturated rings. The van der Waals surface area contributed by atoms with Gasteiger partial charge in [0.15, 0.2) is 11.5 Å². The highest BCUT2D eigenvalue weighted by atomic mass is 35.5. The van der Waals surface area contributed by atoms with Crippen LogP contribution in [0.2, 0.25) is 5.02 Å². The Labute approximate surface area is 203 Å². The number of nitrogens with zero attached hydrogens (tertiary/aromatic N) is 1. The Kier molecular flexibility index (Phi) is 6.85. The van der Waals surface area contributed by atoms with Gasteiger partial charge in [-0.25, -0.2) is 8.42 Å². The first-order valence-corrected chi connectivity index (χ1v) is 12.2. The van der Waals surface area contributed by atoms with Gasteiger partial charge < -0.3 is 19.5 Å². The molecule has 34 heavy (non-hydrogen) atoms. The normalized spacial score (nSPS) is 12.7. The third-order valence-corrected chi connectivity index (χ3v) is 7.16. The zero-order valence-corrected chi connectivity index (χ0v) is 20.2. The van der Waals surface area contributed by atoms with E-state index < -0.39 is 22.5 Å². The van der Waals surface area contributed by atoms with Crippen molar-refractivity contribution in [2.45, 2.75) is 11.8 Å². The SMILES string of the molecule is COc1ccc(C)cc1S(=O)(=O)N(CC(=O)Nc1ccc2c(c1)OCCO2)c1ccc(Cl)cc1. The molecule has 1 aliphatic rings. The minimum atomic E-state index is -4.17. The number of carbonyl (C=O) groups is 1. The summed E-state index contributed by atoms with van der Waals surface area (Å²) in [5, 5.41) is 3.17. The van der Waals surface area contributed by atoms with Crippen LogP contribution in [0, 0.1) is 6.92 Å². The number of amides is 1. The molecule has 1 N–H and O–H groups in total. The van der Waals surface area contributed by atoms with Gasteiger partial charge in [0.05, 0.1) is 12.8 Å². The Morgan fingerprint density at radius 2 is 1.74 bits per heavy atom. The van der Waals surface area contributed by atoms with E-state index in [1.807, 2.05) is 0 Å². The molecule has 0 saturated heterocycles. The maximum atomic E-state index is 13.7. The molecular weight excluding hydrogens is 480 g/mol. The second-order valence-corrected chi connectivity index (χ2v) is 9.82. The van der Waals surface area contributed by atoms with Crippen LogP contribution < -0.4 is 23.8 Å². The summed E-state index contributed by atoms with van der Waals surface area (Å²) in [5.41, 5.74) is 1.47. The van der Waals surface area contributed by atoms with Crippen LogP contribution >= 0.6 is 11.6 Å². The molecule has 10 heteroatoms. The fraction of sp³-hybridized carbons (Fsp3) is 0.208. The highest BCUT2D eigenvalue weighted by Crippen LogP contribution is 2.34. The van der Waals surface area contributed by atoms with Crippen molar-refractivity contribution < 1.29 is 27.4 Å². The van der Waals surface area contributed by atoms with Gasteiger partial charge in [0.1, 0.15) is 30.4 Å². The maximum absolute atomic E-state index is 13.7. The van der Waals surface area contributed by atoms with Crippen LogP contribution in [0.25, 0.3) is 0 Å². The number of benzene rings is 3. The molecular formula is C24H23ClN2O6S. The summed E-state index contributed by atoms with van der Waals surface area (Å²) in [5.74, 6) is 0.732. The van der Waals surface area contributed by atoms with E-state index in [0.717, 1.165) is 9.87 Å². The first kappa shape index (κ1) is 23.7. The van der Waals surface area contributed by atoms with Crippen molar-refractivity contribution in [3.63, 3.8) is 0 Å². The molecule has 0 atom stereocenters. The topological polar surface area (TPSA) is 94.2 Å². The van der Waals surface area contributed by atoms with Gasteiger partial charge in [-0.15, -0.1) is 0 Å². The van der Waals surface area contributed by atoms with E-state index in [4.69, 9.17) is 25.8 Å². The van der Waals surface area contributed by atoms with Crippen molar-refractivity contribution in [2.24, 2.45) is 0 Å². The lowest BCUT2D eigenvalue weighted by Gasteiger charge is -2.25. The van der Waals surface area contributed by atoms with Gasteiger partial charge in [-0.1, -0.05) is 17.7 Å². The second-order valence-electron chi connectivity index (χ2n) is 7.55. The number of halogens is 1. The molecule has 1 aliphatic heterocycles. The first-order valence-electron chi connectivity index (χ1n) is 10.4. The first-order chi connectivity index (χ1) is 16.3. The Morgan fingerprint density at radius 1 is 1.03 bits per heavy atom. The fourth-order valence-corrected chi connectivity index (χ4v) is 5.27. The van der Waals surface area contributed by atoms with Crippen molar-refractivity contribution in [3.05, 3.63) is 71.2 Å². The molecule has 3 aromatic carbocycles. The van der Waals surface area contributed by atoms with E-state index >= 15 is 0 Å². The molecule has 0 saturated carbocycles. The molecule has 0 radical (unpaired) electrons. The number of anilines is 2. The number of ether oxygens (including phenoxy) is 3. The lowest BCUT2D eigenvalue weighted by atomic mass is 10.2. The van der Waals surface area contributed by atoms with E-state index in [9.17, 15) is 13.2 Å². The average Bonchev–Trinajstić information content (AvgIpc) is 2.83. The zero-order chi connectivity index (χ0) is 24.3. The van der Waals surface area contributed by atoms with Gasteiger partial charge in [-0.05, 0) is 61.0 Å². The Balaban J connectivity index is 1.66. The van der Waals surface area contributed by atoms with Crippen LogP contribution in [0.4, 0.5) is 11.4 Å². The van der Waals surface area contributed by atoms with Crippen molar-refractivity contribution in [2.75, 3.05) is 36.5 Å². The Morgan fingerprint density at radius 3 is 2.44 bits per heavy atom. The number of sulfonamides is 1. The summed E-state index contributed by atoms with van der Waals surface area (Å²) in [6, 6.07) is 16.0. The Bertz CT molecular complexity index is 1310. The van der Waals surface area contributed by atoms with Crippen LogP contribution in [0.5, 0.6) is 17.2 Å². The molecule has 4 rings (SSSR count). The van der Waals surface area contributed by atoms with Gasteiger partial charge in [-0.3, -0.25) is 9.10 Å². The summed E-state index contributed by atoms with van der Waals surface area (Å²) < 4.78 is 44.8. The maximum Gasteiger partial charge on any atom is 0.268 e. The molecule has 0 bridgehead atoms. The number of rotatable bonds is 7. The molecule has 178 valence electrons. The lowest BCUT2D eigenvalue weighted by molar-refractivity contribution is -0.114. The third kappa shape index (κ3) is 5.05. The minimum absolute atomic E-state index is 0.0444. The summed E-state index contributed by atoms with van der Waals surface area (Å²) in [7, 11) is -2.78. The second kappa shape index (κ2) is 9.82. The number of fused-ring (bicyclic) bond motifs is 1. The highest BCUT2D eigenvalue weighted by Gasteiger charge is 2.30. The van der Waals surface area contributed by atoms with Gasteiger partial charge in [-0.2, -0.15) is 0 Å². The number of hydrogen-bond acceptors (Lipinski definition) is 6. The molecule has 0 spiro atoms. The van der Waals surface area contributed by atoms with Crippen LogP contribution in [-0.2, 0) is 14.8 Å². The van der Waals surface area contributed by atoms with E-state index in [2.05, 4.69) is 5.32 Å². The molecule has 0 aromatic heterocycles. The molecule has 1 amide bonds. The standard InChI is InChI=1S/C24H23ClN2O6S/c1-16-3-9-21(31-2)23(13-16)34(29,30)27(19-7-4-17(25)5-8-19)15-24(28)26-18-6-10-20-22(14-18)33-12-11-32-20/h3-10,13-14H,11-12,15H2,1-2H3,(H,26,28). The van der Waals surface area contributed by atoms with Gasteiger partial charge in [0.25, 0.3) is 10.0 Å². The minimum Gasteiger partial charge on any atom is -0.495 e.